The van der Waals surface area contributed by atoms with Crippen molar-refractivity contribution in [3.63, 3.8) is 0 Å². The molecule has 124 valence electrons. The molecule has 5 nitrogen and oxygen atoms in total. The average Bonchev–Trinajstić information content (AvgIpc) is 2.60. The third-order valence-electron chi connectivity index (χ3n) is 4.23. The first-order chi connectivity index (χ1) is 11.1. The highest BCUT2D eigenvalue weighted by Gasteiger charge is 2.28. The van der Waals surface area contributed by atoms with Gasteiger partial charge in [-0.05, 0) is 26.2 Å². The molecule has 0 unspecified atom stereocenters. The Morgan fingerprint density at radius 1 is 1.30 bits per heavy atom. The second kappa shape index (κ2) is 7.23. The summed E-state index contributed by atoms with van der Waals surface area (Å²) in [5.41, 5.74) is 1.04. The van der Waals surface area contributed by atoms with Crippen LogP contribution >= 0.6 is 23.5 Å². The number of nitrogens with zero attached hydrogens (tertiary/aromatic N) is 4. The topological polar surface area (TPSA) is 53.9 Å². The van der Waals surface area contributed by atoms with Gasteiger partial charge in [0.15, 0.2) is 5.16 Å². The second-order valence-corrected chi connectivity index (χ2v) is 8.21. The molecule has 23 heavy (non-hydrogen) atoms. The SMILES string of the molecule is CSc1ncc2c(NCC(C)(C)N3CCSCC3)nccc2n1. The summed E-state index contributed by atoms with van der Waals surface area (Å²) in [5.74, 6) is 3.32. The van der Waals surface area contributed by atoms with Crippen molar-refractivity contribution < 1.29 is 0 Å². The predicted octanol–water partition coefficient (Wildman–Crippen LogP) is 2.99. The summed E-state index contributed by atoms with van der Waals surface area (Å²) in [7, 11) is 0. The number of rotatable bonds is 5. The summed E-state index contributed by atoms with van der Waals surface area (Å²) in [4.78, 5) is 16.0. The minimum atomic E-state index is 0.102. The van der Waals surface area contributed by atoms with Gasteiger partial charge in [-0.25, -0.2) is 15.0 Å². The number of thioether (sulfide) groups is 2. The van der Waals surface area contributed by atoms with Crippen LogP contribution in [0.5, 0.6) is 0 Å². The molecule has 0 aliphatic carbocycles. The first-order valence-corrected chi connectivity index (χ1v) is 10.2. The molecule has 2 aromatic rings. The van der Waals surface area contributed by atoms with E-state index < -0.39 is 0 Å². The molecule has 0 spiro atoms. The minimum absolute atomic E-state index is 0.102. The van der Waals surface area contributed by atoms with E-state index in [-0.39, 0.29) is 5.54 Å². The maximum atomic E-state index is 4.55. The molecule has 1 aliphatic rings. The summed E-state index contributed by atoms with van der Waals surface area (Å²) >= 11 is 3.60. The molecule has 1 N–H and O–H groups in total. The van der Waals surface area contributed by atoms with Crippen LogP contribution in [-0.2, 0) is 0 Å². The molecule has 0 atom stereocenters. The maximum absolute atomic E-state index is 4.55. The van der Waals surface area contributed by atoms with Gasteiger partial charge in [-0.15, -0.1) is 0 Å². The Labute approximate surface area is 146 Å². The minimum Gasteiger partial charge on any atom is -0.368 e. The highest BCUT2D eigenvalue weighted by Crippen LogP contribution is 2.24. The Hall–Kier alpha value is -1.05. The van der Waals surface area contributed by atoms with Crippen molar-refractivity contribution in [2.24, 2.45) is 0 Å². The fourth-order valence-corrected chi connectivity index (χ4v) is 4.01. The lowest BCUT2D eigenvalue weighted by molar-refractivity contribution is 0.146. The zero-order chi connectivity index (χ0) is 16.3. The van der Waals surface area contributed by atoms with Gasteiger partial charge in [-0.2, -0.15) is 11.8 Å². The first kappa shape index (κ1) is 16.8. The Bertz CT molecular complexity index is 671. The molecule has 3 heterocycles. The molecule has 7 heteroatoms. The van der Waals surface area contributed by atoms with Gasteiger partial charge >= 0.3 is 0 Å². The lowest BCUT2D eigenvalue weighted by Gasteiger charge is -2.41. The van der Waals surface area contributed by atoms with Crippen LogP contribution in [0.4, 0.5) is 5.82 Å². The van der Waals surface area contributed by atoms with Gasteiger partial charge in [0.2, 0.25) is 0 Å². The Kier molecular flexibility index (Phi) is 5.28. The van der Waals surface area contributed by atoms with Gasteiger partial charge < -0.3 is 5.32 Å². The number of anilines is 1. The van der Waals surface area contributed by atoms with Crippen LogP contribution in [0.2, 0.25) is 0 Å². The molecule has 3 rings (SSSR count). The summed E-state index contributed by atoms with van der Waals surface area (Å²) < 4.78 is 0. The van der Waals surface area contributed by atoms with Gasteiger partial charge in [0.25, 0.3) is 0 Å². The smallest absolute Gasteiger partial charge is 0.187 e. The molecular weight excluding hydrogens is 326 g/mol. The van der Waals surface area contributed by atoms with Gasteiger partial charge in [-0.3, -0.25) is 4.90 Å². The van der Waals surface area contributed by atoms with Crippen LogP contribution < -0.4 is 5.32 Å². The van der Waals surface area contributed by atoms with E-state index in [1.807, 2.05) is 36.5 Å². The first-order valence-electron chi connectivity index (χ1n) is 7.82. The highest BCUT2D eigenvalue weighted by molar-refractivity contribution is 7.99. The van der Waals surface area contributed by atoms with Crippen molar-refractivity contribution in [2.45, 2.75) is 24.5 Å². The zero-order valence-electron chi connectivity index (χ0n) is 13.9. The third kappa shape index (κ3) is 3.89. The predicted molar refractivity (Wildman–Crippen MR) is 101 cm³/mol. The quantitative estimate of drug-likeness (QED) is 0.658. The molecular formula is C16H23N5S2. The summed E-state index contributed by atoms with van der Waals surface area (Å²) in [5, 5.41) is 5.29. The van der Waals surface area contributed by atoms with E-state index in [4.69, 9.17) is 0 Å². The molecule has 0 radical (unpaired) electrons. The Balaban J connectivity index is 1.76. The largest absolute Gasteiger partial charge is 0.368 e. The number of hydrogen-bond acceptors (Lipinski definition) is 7. The van der Waals surface area contributed by atoms with E-state index >= 15 is 0 Å². The van der Waals surface area contributed by atoms with Crippen molar-refractivity contribution >= 4 is 40.2 Å². The normalized spacial score (nSPS) is 16.7. The molecule has 0 saturated carbocycles. The van der Waals surface area contributed by atoms with Gasteiger partial charge in [0, 0.05) is 49.1 Å². The summed E-state index contributed by atoms with van der Waals surface area (Å²) in [6.07, 6.45) is 5.67. The highest BCUT2D eigenvalue weighted by atomic mass is 32.2. The van der Waals surface area contributed by atoms with Crippen LogP contribution in [0.3, 0.4) is 0 Å². The molecule has 1 saturated heterocycles. The van der Waals surface area contributed by atoms with E-state index in [0.29, 0.717) is 0 Å². The molecule has 0 amide bonds. The number of fused-ring (bicyclic) bond motifs is 1. The number of aromatic nitrogens is 3. The van der Waals surface area contributed by atoms with Crippen LogP contribution in [0, 0.1) is 0 Å². The second-order valence-electron chi connectivity index (χ2n) is 6.21. The zero-order valence-corrected chi connectivity index (χ0v) is 15.5. The van der Waals surface area contributed by atoms with Gasteiger partial charge in [-0.1, -0.05) is 11.8 Å². The number of pyridine rings is 1. The van der Waals surface area contributed by atoms with E-state index in [1.165, 1.54) is 11.5 Å². The third-order valence-corrected chi connectivity index (χ3v) is 5.73. The van der Waals surface area contributed by atoms with Crippen molar-refractivity contribution in [3.8, 4) is 0 Å². The summed E-state index contributed by atoms with van der Waals surface area (Å²) in [6, 6.07) is 1.94. The van der Waals surface area contributed by atoms with E-state index in [1.54, 1.807) is 11.8 Å². The van der Waals surface area contributed by atoms with E-state index in [0.717, 1.165) is 41.5 Å². The van der Waals surface area contributed by atoms with Crippen molar-refractivity contribution in [2.75, 3.05) is 42.7 Å². The average molecular weight is 350 g/mol. The van der Waals surface area contributed by atoms with Crippen LogP contribution in [0.15, 0.2) is 23.6 Å². The fraction of sp³-hybridized carbons (Fsp3) is 0.562. The summed E-state index contributed by atoms with van der Waals surface area (Å²) in [6.45, 7) is 7.76. The molecule has 2 aromatic heterocycles. The lowest BCUT2D eigenvalue weighted by Crippen LogP contribution is -2.52. The fourth-order valence-electron chi connectivity index (χ4n) is 2.76. The van der Waals surface area contributed by atoms with Crippen molar-refractivity contribution in [1.29, 1.82) is 0 Å². The van der Waals surface area contributed by atoms with Gasteiger partial charge in [0.1, 0.15) is 5.82 Å². The van der Waals surface area contributed by atoms with E-state index in [9.17, 15) is 0 Å². The van der Waals surface area contributed by atoms with Crippen LogP contribution in [-0.4, -0.2) is 62.8 Å². The lowest BCUT2D eigenvalue weighted by atomic mass is 10.0. The van der Waals surface area contributed by atoms with E-state index in [2.05, 4.69) is 39.0 Å². The molecule has 1 fully saturated rings. The number of nitrogens with one attached hydrogen (secondary N) is 1. The Morgan fingerprint density at radius 2 is 2.09 bits per heavy atom. The number of hydrogen-bond donors (Lipinski definition) is 1. The Morgan fingerprint density at radius 3 is 2.83 bits per heavy atom. The standard InChI is InChI=1S/C16H23N5S2/c1-16(2,21-6-8-23-9-7-21)11-19-14-12-10-18-15(22-3)20-13(12)4-5-17-14/h4-5,10H,6-9,11H2,1-3H3,(H,17,19). The molecule has 0 bridgehead atoms. The van der Waals surface area contributed by atoms with Gasteiger partial charge in [0.05, 0.1) is 10.9 Å². The van der Waals surface area contributed by atoms with Crippen LogP contribution in [0.1, 0.15) is 13.8 Å². The monoisotopic (exact) mass is 349 g/mol. The molecule has 0 aromatic carbocycles. The molecule has 1 aliphatic heterocycles. The van der Waals surface area contributed by atoms with Crippen molar-refractivity contribution in [3.05, 3.63) is 18.5 Å². The van der Waals surface area contributed by atoms with Crippen LogP contribution in [0.25, 0.3) is 10.9 Å². The van der Waals surface area contributed by atoms with Crippen molar-refractivity contribution in [1.82, 2.24) is 19.9 Å². The maximum Gasteiger partial charge on any atom is 0.187 e.